The Labute approximate surface area is 162 Å². The number of nitrogens with zero attached hydrogens (tertiary/aromatic N) is 4. The predicted octanol–water partition coefficient (Wildman–Crippen LogP) is -0.466. The second-order valence-corrected chi connectivity index (χ2v) is 8.56. The second kappa shape index (κ2) is 8.33. The Bertz CT molecular complexity index is 890. The lowest BCUT2D eigenvalue weighted by atomic mass is 10.2. The van der Waals surface area contributed by atoms with Crippen LogP contribution in [0.25, 0.3) is 0 Å². The van der Waals surface area contributed by atoms with Crippen LogP contribution in [-0.4, -0.2) is 73.7 Å². The van der Waals surface area contributed by atoms with E-state index in [1.54, 1.807) is 4.90 Å². The quantitative estimate of drug-likeness (QED) is 0.372. The SMILES string of the molecule is NCCN=C(C=NN)C(=O)N1CC2CCC(C1)N2S(=O)(=O)c1cccc(F)c1. The van der Waals surface area contributed by atoms with Crippen LogP contribution in [0.4, 0.5) is 4.39 Å². The molecule has 0 saturated carbocycles. The minimum absolute atomic E-state index is 0.0790. The van der Waals surface area contributed by atoms with Crippen molar-refractivity contribution in [1.29, 1.82) is 0 Å². The summed E-state index contributed by atoms with van der Waals surface area (Å²) in [6.07, 6.45) is 2.43. The second-order valence-electron chi connectivity index (χ2n) is 6.72. The highest BCUT2D eigenvalue weighted by Gasteiger charge is 2.48. The van der Waals surface area contributed by atoms with Gasteiger partial charge in [-0.15, -0.1) is 0 Å². The highest BCUT2D eigenvalue weighted by atomic mass is 32.2. The van der Waals surface area contributed by atoms with Gasteiger partial charge in [0.25, 0.3) is 5.91 Å². The van der Waals surface area contributed by atoms with E-state index in [2.05, 4.69) is 10.1 Å². The molecule has 2 aliphatic heterocycles. The van der Waals surface area contributed by atoms with E-state index in [4.69, 9.17) is 11.6 Å². The standard InChI is InChI=1S/C17H23FN6O3S/c18-12-2-1-3-15(8-12)28(26,27)24-13-4-5-14(24)11-23(10-13)17(25)16(9-22-20)21-7-6-19/h1-3,8-9,13-14H,4-7,10-11,19-20H2. The zero-order chi connectivity index (χ0) is 20.3. The summed E-state index contributed by atoms with van der Waals surface area (Å²) in [7, 11) is -3.85. The zero-order valence-corrected chi connectivity index (χ0v) is 16.1. The lowest BCUT2D eigenvalue weighted by molar-refractivity contribution is -0.126. The first-order valence-corrected chi connectivity index (χ1v) is 10.4. The van der Waals surface area contributed by atoms with Crippen LogP contribution < -0.4 is 11.6 Å². The highest BCUT2D eigenvalue weighted by molar-refractivity contribution is 7.89. The molecule has 2 atom stereocenters. The molecular weight excluding hydrogens is 387 g/mol. The summed E-state index contributed by atoms with van der Waals surface area (Å²) in [5.74, 6) is 4.19. The Morgan fingerprint density at radius 3 is 2.54 bits per heavy atom. The van der Waals surface area contributed by atoms with Crippen LogP contribution in [0.3, 0.4) is 0 Å². The third kappa shape index (κ3) is 3.91. The van der Waals surface area contributed by atoms with E-state index in [1.807, 2.05) is 0 Å². The maximum atomic E-state index is 13.5. The van der Waals surface area contributed by atoms with E-state index in [0.29, 0.717) is 12.8 Å². The van der Waals surface area contributed by atoms with Crippen LogP contribution in [0, 0.1) is 5.82 Å². The summed E-state index contributed by atoms with van der Waals surface area (Å²) < 4.78 is 41.0. The van der Waals surface area contributed by atoms with Gasteiger partial charge in [0.1, 0.15) is 11.5 Å². The molecule has 2 unspecified atom stereocenters. The van der Waals surface area contributed by atoms with Gasteiger partial charge in [-0.3, -0.25) is 9.79 Å². The first-order valence-electron chi connectivity index (χ1n) is 8.94. The number of hydrogen-bond donors (Lipinski definition) is 2. The molecule has 2 aliphatic rings. The van der Waals surface area contributed by atoms with Gasteiger partial charge in [0.2, 0.25) is 10.0 Å². The average molecular weight is 410 g/mol. The molecule has 0 radical (unpaired) electrons. The summed E-state index contributed by atoms with van der Waals surface area (Å²) in [6.45, 7) is 0.988. The Morgan fingerprint density at radius 2 is 1.96 bits per heavy atom. The van der Waals surface area contributed by atoms with Crippen LogP contribution in [0.15, 0.2) is 39.3 Å². The fourth-order valence-corrected chi connectivity index (χ4v) is 5.64. The van der Waals surface area contributed by atoms with E-state index in [0.717, 1.165) is 6.07 Å². The van der Waals surface area contributed by atoms with Crippen LogP contribution >= 0.6 is 0 Å². The predicted molar refractivity (Wildman–Crippen MR) is 103 cm³/mol. The van der Waals surface area contributed by atoms with Gasteiger partial charge in [0.15, 0.2) is 0 Å². The van der Waals surface area contributed by atoms with Crippen LogP contribution in [0.2, 0.25) is 0 Å². The summed E-state index contributed by atoms with van der Waals surface area (Å²) in [5, 5.41) is 3.37. The fraction of sp³-hybridized carbons (Fsp3) is 0.471. The molecule has 11 heteroatoms. The molecule has 2 heterocycles. The highest BCUT2D eigenvalue weighted by Crippen LogP contribution is 2.35. The molecule has 2 bridgehead atoms. The summed E-state index contributed by atoms with van der Waals surface area (Å²) in [4.78, 5) is 18.4. The third-order valence-corrected chi connectivity index (χ3v) is 6.90. The Balaban J connectivity index is 1.82. The number of benzene rings is 1. The molecule has 0 aromatic heterocycles. The van der Waals surface area contributed by atoms with Gasteiger partial charge in [-0.05, 0) is 31.0 Å². The average Bonchev–Trinajstić information content (AvgIpc) is 2.96. The normalized spacial score (nSPS) is 23.5. The first kappa shape index (κ1) is 20.4. The molecule has 28 heavy (non-hydrogen) atoms. The van der Waals surface area contributed by atoms with Crippen molar-refractivity contribution in [3.63, 3.8) is 0 Å². The van der Waals surface area contributed by atoms with Gasteiger partial charge in [0.05, 0.1) is 17.7 Å². The number of fused-ring (bicyclic) bond motifs is 2. The number of nitrogens with two attached hydrogens (primary N) is 2. The van der Waals surface area contributed by atoms with Gasteiger partial charge in [-0.2, -0.15) is 9.41 Å². The summed E-state index contributed by atoms with van der Waals surface area (Å²) in [6, 6.07) is 4.22. The van der Waals surface area contributed by atoms with Crippen LogP contribution in [0.5, 0.6) is 0 Å². The number of sulfonamides is 1. The van der Waals surface area contributed by atoms with Crippen molar-refractivity contribution in [3.8, 4) is 0 Å². The molecule has 2 fully saturated rings. The van der Waals surface area contributed by atoms with Crippen molar-refractivity contribution in [2.24, 2.45) is 21.7 Å². The number of carbonyl (C=O) groups excluding carboxylic acids is 1. The van der Waals surface area contributed by atoms with E-state index in [9.17, 15) is 17.6 Å². The van der Waals surface area contributed by atoms with Gasteiger partial charge in [0, 0.05) is 31.7 Å². The Kier molecular flexibility index (Phi) is 6.06. The van der Waals surface area contributed by atoms with E-state index in [1.165, 1.54) is 28.7 Å². The number of piperazine rings is 1. The lowest BCUT2D eigenvalue weighted by Crippen LogP contribution is -2.58. The topological polar surface area (TPSA) is 134 Å². The molecule has 0 spiro atoms. The third-order valence-electron chi connectivity index (χ3n) is 4.90. The number of halogens is 1. The monoisotopic (exact) mass is 410 g/mol. The first-order chi connectivity index (χ1) is 13.4. The van der Waals surface area contributed by atoms with Gasteiger partial charge in [-0.25, -0.2) is 12.8 Å². The number of rotatable bonds is 6. The van der Waals surface area contributed by atoms with Gasteiger partial charge >= 0.3 is 0 Å². The molecule has 0 aliphatic carbocycles. The van der Waals surface area contributed by atoms with Crippen LogP contribution in [0.1, 0.15) is 12.8 Å². The lowest BCUT2D eigenvalue weighted by Gasteiger charge is -2.40. The number of likely N-dealkylation sites (tertiary alicyclic amines) is 1. The zero-order valence-electron chi connectivity index (χ0n) is 15.2. The van der Waals surface area contributed by atoms with Gasteiger partial charge < -0.3 is 16.5 Å². The van der Waals surface area contributed by atoms with Crippen molar-refractivity contribution in [3.05, 3.63) is 30.1 Å². The van der Waals surface area contributed by atoms with Crippen molar-refractivity contribution in [1.82, 2.24) is 9.21 Å². The molecule has 1 aromatic rings. The van der Waals surface area contributed by atoms with Gasteiger partial charge in [-0.1, -0.05) is 6.07 Å². The van der Waals surface area contributed by atoms with Crippen molar-refractivity contribution < 1.29 is 17.6 Å². The number of hydrazone groups is 1. The maximum Gasteiger partial charge on any atom is 0.273 e. The molecular formula is C17H23FN6O3S. The largest absolute Gasteiger partial charge is 0.334 e. The number of amides is 1. The van der Waals surface area contributed by atoms with E-state index < -0.39 is 15.8 Å². The maximum absolute atomic E-state index is 13.5. The molecule has 2 saturated heterocycles. The number of aliphatic imine (C=N–C) groups is 1. The number of hydrogen-bond acceptors (Lipinski definition) is 7. The van der Waals surface area contributed by atoms with Crippen molar-refractivity contribution in [2.45, 2.75) is 29.8 Å². The van der Waals surface area contributed by atoms with Crippen molar-refractivity contribution in [2.75, 3.05) is 26.2 Å². The van der Waals surface area contributed by atoms with E-state index >= 15 is 0 Å². The molecule has 4 N–H and O–H groups in total. The minimum Gasteiger partial charge on any atom is -0.334 e. The minimum atomic E-state index is -3.85. The molecule has 1 amide bonds. The number of carbonyl (C=O) groups is 1. The van der Waals surface area contributed by atoms with Crippen LogP contribution in [-0.2, 0) is 14.8 Å². The van der Waals surface area contributed by atoms with Crippen molar-refractivity contribution >= 4 is 27.9 Å². The summed E-state index contributed by atoms with van der Waals surface area (Å²) >= 11 is 0. The Morgan fingerprint density at radius 1 is 1.29 bits per heavy atom. The summed E-state index contributed by atoms with van der Waals surface area (Å²) in [5.41, 5.74) is 5.52. The molecule has 152 valence electrons. The molecule has 1 aromatic carbocycles. The van der Waals surface area contributed by atoms with E-state index in [-0.39, 0.29) is 54.8 Å². The molecule has 3 rings (SSSR count). The Hall–Kier alpha value is -2.37. The smallest absolute Gasteiger partial charge is 0.273 e. The fourth-order valence-electron chi connectivity index (χ4n) is 3.75. The molecule has 9 nitrogen and oxygen atoms in total.